The highest BCUT2D eigenvalue weighted by molar-refractivity contribution is 6.21. The van der Waals surface area contributed by atoms with E-state index in [9.17, 15) is 0 Å². The Morgan fingerprint density at radius 1 is 1.00 bits per heavy atom. The van der Waals surface area contributed by atoms with E-state index >= 15 is 0 Å². The highest BCUT2D eigenvalue weighted by atomic mass is 35.5. The van der Waals surface area contributed by atoms with Crippen LogP contribution in [0.5, 0.6) is 0 Å². The van der Waals surface area contributed by atoms with E-state index in [4.69, 9.17) is 16.3 Å². The fourth-order valence-corrected chi connectivity index (χ4v) is 3.88. The van der Waals surface area contributed by atoms with E-state index in [1.54, 1.807) is 0 Å². The molecule has 0 aromatic rings. The van der Waals surface area contributed by atoms with Crippen molar-refractivity contribution in [3.63, 3.8) is 0 Å². The number of hydrogen-bond donors (Lipinski definition) is 0. The van der Waals surface area contributed by atoms with Gasteiger partial charge in [0.15, 0.2) is 0 Å². The zero-order valence-corrected chi connectivity index (χ0v) is 7.26. The number of ether oxygens (including phenoxy) is 1. The van der Waals surface area contributed by atoms with Crippen LogP contribution < -0.4 is 0 Å². The van der Waals surface area contributed by atoms with Crippen molar-refractivity contribution in [3.8, 4) is 0 Å². The molecule has 11 heavy (non-hydrogen) atoms. The third-order valence-corrected chi connectivity index (χ3v) is 4.40. The minimum absolute atomic E-state index is 0.475. The molecule has 0 amide bonds. The summed E-state index contributed by atoms with van der Waals surface area (Å²) >= 11 is 6.22. The second kappa shape index (κ2) is 2.14. The van der Waals surface area contributed by atoms with Gasteiger partial charge < -0.3 is 4.74 Å². The molecule has 0 spiro atoms. The standard InChI is InChI=1S/C9H13ClO/c10-9-2-5-1-6(9)8-4-11-3-7(5)8/h5-9H,1-4H2/t5-,6-,7+,8+,9+/m0/s1. The molecule has 3 fully saturated rings. The second-order valence-corrected chi connectivity index (χ2v) is 4.84. The van der Waals surface area contributed by atoms with Gasteiger partial charge in [0.1, 0.15) is 0 Å². The van der Waals surface area contributed by atoms with Gasteiger partial charge in [-0.15, -0.1) is 11.6 Å². The number of rotatable bonds is 0. The van der Waals surface area contributed by atoms with Crippen molar-refractivity contribution in [1.29, 1.82) is 0 Å². The first-order chi connectivity index (χ1) is 5.36. The molecule has 0 unspecified atom stereocenters. The van der Waals surface area contributed by atoms with Gasteiger partial charge in [0.25, 0.3) is 0 Å². The van der Waals surface area contributed by atoms with Gasteiger partial charge in [-0.25, -0.2) is 0 Å². The average Bonchev–Trinajstić information content (AvgIpc) is 2.52. The van der Waals surface area contributed by atoms with E-state index in [1.165, 1.54) is 12.8 Å². The van der Waals surface area contributed by atoms with Crippen LogP contribution in [0.2, 0.25) is 0 Å². The Labute approximate surface area is 72.1 Å². The first-order valence-electron chi connectivity index (χ1n) is 4.58. The van der Waals surface area contributed by atoms with E-state index in [1.807, 2.05) is 0 Å². The Bertz CT molecular complexity index is 182. The summed E-state index contributed by atoms with van der Waals surface area (Å²) in [5, 5.41) is 0.475. The molecule has 0 aromatic carbocycles. The molecule has 5 atom stereocenters. The summed E-state index contributed by atoms with van der Waals surface area (Å²) in [6.45, 7) is 2.02. The monoisotopic (exact) mass is 172 g/mol. The Balaban J connectivity index is 1.90. The molecule has 0 aromatic heterocycles. The quantitative estimate of drug-likeness (QED) is 0.508. The van der Waals surface area contributed by atoms with Crippen LogP contribution in [0.4, 0.5) is 0 Å². The molecular formula is C9H13ClO. The van der Waals surface area contributed by atoms with Gasteiger partial charge in [-0.3, -0.25) is 0 Å². The van der Waals surface area contributed by atoms with Gasteiger partial charge in [0.05, 0.1) is 13.2 Å². The van der Waals surface area contributed by atoms with Gasteiger partial charge in [0.2, 0.25) is 0 Å². The predicted molar refractivity (Wildman–Crippen MR) is 43.7 cm³/mol. The molecule has 62 valence electrons. The van der Waals surface area contributed by atoms with Gasteiger partial charge in [-0.2, -0.15) is 0 Å². The molecular weight excluding hydrogens is 160 g/mol. The Morgan fingerprint density at radius 2 is 1.82 bits per heavy atom. The minimum Gasteiger partial charge on any atom is -0.381 e. The lowest BCUT2D eigenvalue weighted by atomic mass is 9.82. The van der Waals surface area contributed by atoms with Crippen molar-refractivity contribution in [2.75, 3.05) is 13.2 Å². The van der Waals surface area contributed by atoms with E-state index in [0.717, 1.165) is 36.9 Å². The third-order valence-electron chi connectivity index (χ3n) is 3.89. The Hall–Kier alpha value is 0.250. The summed E-state index contributed by atoms with van der Waals surface area (Å²) < 4.78 is 5.48. The van der Waals surface area contributed by atoms with Crippen LogP contribution in [0, 0.1) is 23.7 Å². The summed E-state index contributed by atoms with van der Waals surface area (Å²) in [4.78, 5) is 0. The molecule has 2 heteroatoms. The first-order valence-corrected chi connectivity index (χ1v) is 5.01. The summed E-state index contributed by atoms with van der Waals surface area (Å²) in [6, 6.07) is 0. The number of fused-ring (bicyclic) bond motifs is 5. The van der Waals surface area contributed by atoms with E-state index in [0.29, 0.717) is 5.38 Å². The lowest BCUT2D eigenvalue weighted by Crippen LogP contribution is -2.27. The zero-order valence-electron chi connectivity index (χ0n) is 6.50. The van der Waals surface area contributed by atoms with Gasteiger partial charge >= 0.3 is 0 Å². The van der Waals surface area contributed by atoms with Crippen molar-refractivity contribution < 1.29 is 4.74 Å². The van der Waals surface area contributed by atoms with Gasteiger partial charge in [-0.05, 0) is 36.5 Å². The fraction of sp³-hybridized carbons (Fsp3) is 1.00. The summed E-state index contributed by atoms with van der Waals surface area (Å²) in [5.41, 5.74) is 0. The van der Waals surface area contributed by atoms with E-state index in [-0.39, 0.29) is 0 Å². The van der Waals surface area contributed by atoms with Crippen LogP contribution >= 0.6 is 11.6 Å². The van der Waals surface area contributed by atoms with Gasteiger partial charge in [0, 0.05) is 5.38 Å². The smallest absolute Gasteiger partial charge is 0.0501 e. The number of hydrogen-bond acceptors (Lipinski definition) is 1. The van der Waals surface area contributed by atoms with E-state index < -0.39 is 0 Å². The lowest BCUT2D eigenvalue weighted by Gasteiger charge is -2.25. The van der Waals surface area contributed by atoms with Crippen LogP contribution in [-0.2, 0) is 4.74 Å². The van der Waals surface area contributed by atoms with Crippen LogP contribution in [0.1, 0.15) is 12.8 Å². The van der Waals surface area contributed by atoms with Crippen molar-refractivity contribution in [2.45, 2.75) is 18.2 Å². The maximum atomic E-state index is 6.22. The topological polar surface area (TPSA) is 9.23 Å². The molecule has 2 saturated carbocycles. The van der Waals surface area contributed by atoms with Crippen LogP contribution in [0.3, 0.4) is 0 Å². The normalized spacial score (nSPS) is 60.3. The average molecular weight is 173 g/mol. The lowest BCUT2D eigenvalue weighted by molar-refractivity contribution is 0.164. The molecule has 1 heterocycles. The molecule has 0 radical (unpaired) electrons. The van der Waals surface area contributed by atoms with E-state index in [2.05, 4.69) is 0 Å². The van der Waals surface area contributed by atoms with Crippen LogP contribution in [-0.4, -0.2) is 18.6 Å². The Kier molecular flexibility index (Phi) is 1.31. The highest BCUT2D eigenvalue weighted by Crippen LogP contribution is 2.56. The SMILES string of the molecule is Cl[C@@H]1C[C@@H]2C[C@H]1[C@H]1COC[C@H]21. The summed E-state index contributed by atoms with van der Waals surface area (Å²) in [7, 11) is 0. The minimum atomic E-state index is 0.475. The molecule has 2 aliphatic carbocycles. The first kappa shape index (κ1) is 6.73. The van der Waals surface area contributed by atoms with Crippen molar-refractivity contribution in [3.05, 3.63) is 0 Å². The molecule has 1 aliphatic heterocycles. The largest absolute Gasteiger partial charge is 0.381 e. The van der Waals surface area contributed by atoms with Crippen molar-refractivity contribution in [1.82, 2.24) is 0 Å². The highest BCUT2D eigenvalue weighted by Gasteiger charge is 2.54. The maximum Gasteiger partial charge on any atom is 0.0501 e. The molecule has 1 nitrogen and oxygen atoms in total. The fourth-order valence-electron chi connectivity index (χ4n) is 3.36. The maximum absolute atomic E-state index is 6.22. The van der Waals surface area contributed by atoms with Gasteiger partial charge in [-0.1, -0.05) is 0 Å². The number of halogens is 1. The molecule has 3 rings (SSSR count). The molecule has 2 bridgehead atoms. The molecule has 0 N–H and O–H groups in total. The summed E-state index contributed by atoms with van der Waals surface area (Å²) in [5.74, 6) is 3.43. The van der Waals surface area contributed by atoms with Crippen molar-refractivity contribution >= 4 is 11.6 Å². The number of alkyl halides is 1. The third kappa shape index (κ3) is 0.762. The predicted octanol–water partition coefficient (Wildman–Crippen LogP) is 1.90. The summed E-state index contributed by atoms with van der Waals surface area (Å²) in [6.07, 6.45) is 2.66. The van der Waals surface area contributed by atoms with Crippen LogP contribution in [0.25, 0.3) is 0 Å². The zero-order chi connectivity index (χ0) is 7.42. The van der Waals surface area contributed by atoms with Crippen LogP contribution in [0.15, 0.2) is 0 Å². The van der Waals surface area contributed by atoms with Crippen molar-refractivity contribution in [2.24, 2.45) is 23.7 Å². The second-order valence-electron chi connectivity index (χ2n) is 4.28. The molecule has 1 saturated heterocycles. The Morgan fingerprint density at radius 3 is 2.73 bits per heavy atom. The molecule has 3 aliphatic rings.